The van der Waals surface area contributed by atoms with Gasteiger partial charge in [-0.1, -0.05) is 174 Å². The maximum Gasteiger partial charge on any atom is 0.206 e. The van der Waals surface area contributed by atoms with Crippen LogP contribution in [0.15, 0.2) is 164 Å². The fourth-order valence-electron chi connectivity index (χ4n) is 5.47. The van der Waals surface area contributed by atoms with Gasteiger partial charge in [0.15, 0.2) is 0 Å². The molecule has 0 radical (unpaired) electrons. The quantitative estimate of drug-likeness (QED) is 0.252. The van der Waals surface area contributed by atoms with Gasteiger partial charge in [-0.2, -0.15) is 0 Å². The van der Waals surface area contributed by atoms with Crippen molar-refractivity contribution in [2.24, 2.45) is 0 Å². The van der Waals surface area contributed by atoms with Gasteiger partial charge in [0.25, 0.3) is 0 Å². The SMILES string of the molecule is CB(c1ccccc1)c1ccccc1.Cc1cccc([SiH2]C(c2ccccc2)(c2ccccc2)n2ccnc2)c1. The molecule has 2 nitrogen and oxygen atoms in total. The Morgan fingerprint density at radius 2 is 1.12 bits per heavy atom. The van der Waals surface area contributed by atoms with Crippen molar-refractivity contribution in [3.63, 3.8) is 0 Å². The van der Waals surface area contributed by atoms with Crippen molar-refractivity contribution in [2.45, 2.75) is 18.9 Å². The molecule has 0 unspecified atom stereocenters. The summed E-state index contributed by atoms with van der Waals surface area (Å²) in [5, 5.41) is 1.25. The monoisotopic (exact) mass is 534 g/mol. The molecule has 0 saturated heterocycles. The Morgan fingerprint density at radius 1 is 0.625 bits per heavy atom. The molecule has 6 aromatic rings. The Bertz CT molecular complexity index is 1490. The normalized spacial score (nSPS) is 11.2. The minimum absolute atomic E-state index is 0.202. The Balaban J connectivity index is 0.000000194. The van der Waals surface area contributed by atoms with Crippen LogP contribution in [0.25, 0.3) is 0 Å². The molecule has 0 saturated carbocycles. The lowest BCUT2D eigenvalue weighted by Crippen LogP contribution is -2.46. The van der Waals surface area contributed by atoms with Crippen LogP contribution in [0.5, 0.6) is 0 Å². The number of hydrogen-bond donors (Lipinski definition) is 0. The van der Waals surface area contributed by atoms with Crippen LogP contribution in [0.1, 0.15) is 16.7 Å². The summed E-state index contributed by atoms with van der Waals surface area (Å²) in [6, 6.07) is 51.8. The fraction of sp³-hybridized carbons (Fsp3) is 0.0833. The molecule has 0 N–H and O–H groups in total. The summed E-state index contributed by atoms with van der Waals surface area (Å²) >= 11 is 0. The van der Waals surface area contributed by atoms with E-state index in [0.29, 0.717) is 6.71 Å². The largest absolute Gasteiger partial charge is 0.326 e. The van der Waals surface area contributed by atoms with Crippen LogP contribution in [0.4, 0.5) is 0 Å². The first-order valence-corrected chi connectivity index (χ1v) is 15.3. The van der Waals surface area contributed by atoms with E-state index in [1.54, 1.807) is 0 Å². The van der Waals surface area contributed by atoms with Gasteiger partial charge in [0.05, 0.1) is 21.0 Å². The maximum absolute atomic E-state index is 4.38. The first-order valence-electron chi connectivity index (χ1n) is 13.9. The molecule has 0 atom stereocenters. The van der Waals surface area contributed by atoms with Gasteiger partial charge in [0.1, 0.15) is 0 Å². The van der Waals surface area contributed by atoms with Crippen LogP contribution in [-0.4, -0.2) is 25.8 Å². The van der Waals surface area contributed by atoms with Crippen molar-refractivity contribution in [3.8, 4) is 0 Å². The molecule has 6 rings (SSSR count). The van der Waals surface area contributed by atoms with E-state index in [1.807, 2.05) is 12.5 Å². The van der Waals surface area contributed by atoms with Gasteiger partial charge >= 0.3 is 0 Å². The molecule has 4 heteroatoms. The number of imidazole rings is 1. The first-order chi connectivity index (χ1) is 19.7. The van der Waals surface area contributed by atoms with Gasteiger partial charge in [0, 0.05) is 12.4 Å². The minimum Gasteiger partial charge on any atom is -0.326 e. The lowest BCUT2D eigenvalue weighted by Gasteiger charge is -2.37. The number of benzene rings is 5. The standard InChI is InChI=1S/C23H22N2Si.C13H13B/c1-19-9-8-14-22(17-19)26-23(25-16-15-24-18-25,20-10-4-2-5-11-20)21-12-6-3-7-13-21;1-14(12-8-4-2-5-9-12)13-10-6-3-7-11-13/h2-18H,26H2,1H3;2-11H,1H3. The van der Waals surface area contributed by atoms with Crippen molar-refractivity contribution < 1.29 is 0 Å². The summed E-state index contributed by atoms with van der Waals surface area (Å²) in [7, 11) is -0.768. The van der Waals surface area contributed by atoms with Gasteiger partial charge in [-0.3, -0.25) is 0 Å². The first kappa shape index (κ1) is 27.2. The van der Waals surface area contributed by atoms with Gasteiger partial charge < -0.3 is 4.57 Å². The predicted octanol–water partition coefficient (Wildman–Crippen LogP) is 5.36. The van der Waals surface area contributed by atoms with E-state index < -0.39 is 9.52 Å². The third-order valence-electron chi connectivity index (χ3n) is 7.59. The van der Waals surface area contributed by atoms with Gasteiger partial charge in [-0.15, -0.1) is 0 Å². The summed E-state index contributed by atoms with van der Waals surface area (Å²) in [6.07, 6.45) is 5.94. The van der Waals surface area contributed by atoms with Crippen molar-refractivity contribution in [3.05, 3.63) is 181 Å². The maximum atomic E-state index is 4.38. The smallest absolute Gasteiger partial charge is 0.206 e. The van der Waals surface area contributed by atoms with Crippen molar-refractivity contribution in [1.82, 2.24) is 9.55 Å². The number of hydrogen-bond acceptors (Lipinski definition) is 1. The fourth-order valence-corrected chi connectivity index (χ4v) is 7.98. The highest BCUT2D eigenvalue weighted by Gasteiger charge is 2.36. The number of aromatic nitrogens is 2. The summed E-state index contributed by atoms with van der Waals surface area (Å²) in [5.74, 6) is 0. The summed E-state index contributed by atoms with van der Waals surface area (Å²) in [6.45, 7) is 4.89. The summed E-state index contributed by atoms with van der Waals surface area (Å²) in [5.41, 5.74) is 6.70. The van der Waals surface area contributed by atoms with E-state index in [2.05, 4.69) is 175 Å². The highest BCUT2D eigenvalue weighted by molar-refractivity contribution is 6.84. The molecule has 0 aliphatic carbocycles. The van der Waals surface area contributed by atoms with Gasteiger partial charge in [0.2, 0.25) is 6.71 Å². The average molecular weight is 535 g/mol. The predicted molar refractivity (Wildman–Crippen MR) is 174 cm³/mol. The molecule has 0 aliphatic rings. The van der Waals surface area contributed by atoms with Crippen LogP contribution < -0.4 is 16.1 Å². The Morgan fingerprint density at radius 3 is 1.57 bits per heavy atom. The average Bonchev–Trinajstić information content (AvgIpc) is 3.57. The van der Waals surface area contributed by atoms with Crippen molar-refractivity contribution in [1.29, 1.82) is 0 Å². The molecule has 0 bridgehead atoms. The number of aryl methyl sites for hydroxylation is 1. The molecule has 196 valence electrons. The second-order valence-electron chi connectivity index (χ2n) is 10.3. The number of nitrogens with zero attached hydrogens (tertiary/aromatic N) is 2. The van der Waals surface area contributed by atoms with E-state index in [4.69, 9.17) is 0 Å². The highest BCUT2D eigenvalue weighted by atomic mass is 28.2. The molecule has 1 heterocycles. The summed E-state index contributed by atoms with van der Waals surface area (Å²) in [4.78, 5) is 4.38. The van der Waals surface area contributed by atoms with Crippen molar-refractivity contribution >= 4 is 32.3 Å². The van der Waals surface area contributed by atoms with E-state index in [1.165, 1.54) is 32.8 Å². The Labute approximate surface area is 241 Å². The molecule has 0 amide bonds. The molecule has 0 aliphatic heterocycles. The van der Waals surface area contributed by atoms with Gasteiger partial charge in [-0.25, -0.2) is 4.98 Å². The highest BCUT2D eigenvalue weighted by Crippen LogP contribution is 2.33. The molecule has 0 spiro atoms. The number of rotatable bonds is 7. The topological polar surface area (TPSA) is 17.8 Å². The van der Waals surface area contributed by atoms with Crippen molar-refractivity contribution in [2.75, 3.05) is 0 Å². The zero-order valence-electron chi connectivity index (χ0n) is 23.3. The second-order valence-corrected chi connectivity index (χ2v) is 12.5. The van der Waals surface area contributed by atoms with Gasteiger partial charge in [-0.05, 0) is 18.1 Å². The molecule has 5 aromatic carbocycles. The Hall–Kier alpha value is -4.41. The van der Waals surface area contributed by atoms with Crippen LogP contribution >= 0.6 is 0 Å². The lowest BCUT2D eigenvalue weighted by atomic mass is 9.43. The third kappa shape index (κ3) is 6.24. The molecule has 40 heavy (non-hydrogen) atoms. The van der Waals surface area contributed by atoms with Crippen LogP contribution in [-0.2, 0) is 5.16 Å². The van der Waals surface area contributed by atoms with E-state index in [0.717, 1.165) is 0 Å². The molecule has 1 aromatic heterocycles. The van der Waals surface area contributed by atoms with E-state index in [9.17, 15) is 0 Å². The van der Waals surface area contributed by atoms with E-state index in [-0.39, 0.29) is 5.16 Å². The zero-order valence-corrected chi connectivity index (χ0v) is 24.7. The lowest BCUT2D eigenvalue weighted by molar-refractivity contribution is 0.596. The van der Waals surface area contributed by atoms with E-state index >= 15 is 0 Å². The van der Waals surface area contributed by atoms with Crippen LogP contribution in [0, 0.1) is 6.92 Å². The zero-order chi connectivity index (χ0) is 27.6. The Kier molecular flexibility index (Phi) is 8.90. The second kappa shape index (κ2) is 13.1. The van der Waals surface area contributed by atoms with Crippen LogP contribution in [0.2, 0.25) is 6.82 Å². The minimum atomic E-state index is -0.768. The molecular weight excluding hydrogens is 499 g/mol. The summed E-state index contributed by atoms with van der Waals surface area (Å²) < 4.78 is 2.30. The third-order valence-corrected chi connectivity index (χ3v) is 10.1. The van der Waals surface area contributed by atoms with Crippen LogP contribution in [0.3, 0.4) is 0 Å². The molecule has 0 fully saturated rings. The molecular formula is C36H35BN2Si.